The van der Waals surface area contributed by atoms with Gasteiger partial charge >= 0.3 is 0 Å². The molecule has 0 fully saturated rings. The third-order valence-electron chi connectivity index (χ3n) is 1.62. The highest BCUT2D eigenvalue weighted by atomic mass is 35.5. The van der Waals surface area contributed by atoms with E-state index in [1.807, 2.05) is 6.07 Å². The second-order valence-electron chi connectivity index (χ2n) is 2.79. The van der Waals surface area contributed by atoms with Crippen molar-refractivity contribution < 1.29 is 4.42 Å². The van der Waals surface area contributed by atoms with Crippen molar-refractivity contribution in [3.8, 4) is 0 Å². The molecule has 0 aromatic carbocycles. The maximum atomic E-state index is 5.64. The van der Waals surface area contributed by atoms with Crippen LogP contribution in [-0.4, -0.2) is 9.97 Å². The first kappa shape index (κ1) is 10.3. The van der Waals surface area contributed by atoms with E-state index in [-0.39, 0.29) is 0 Å². The molecule has 2 rings (SSSR count). The highest BCUT2D eigenvalue weighted by molar-refractivity contribution is 7.98. The average molecular weight is 242 g/mol. The fraction of sp³-hybridized carbons (Fsp3) is 0.111. The van der Waals surface area contributed by atoms with E-state index in [4.69, 9.17) is 21.8 Å². The number of thioether (sulfide) groups is 1. The van der Waals surface area contributed by atoms with Crippen LogP contribution in [0.2, 0.25) is 5.22 Å². The number of nitrogens with zero attached hydrogens (tertiary/aromatic N) is 2. The van der Waals surface area contributed by atoms with Gasteiger partial charge in [0.1, 0.15) is 5.76 Å². The van der Waals surface area contributed by atoms with Gasteiger partial charge in [-0.3, -0.25) is 0 Å². The molecule has 0 amide bonds. The molecule has 15 heavy (non-hydrogen) atoms. The molecule has 0 aliphatic carbocycles. The second kappa shape index (κ2) is 4.55. The lowest BCUT2D eigenvalue weighted by molar-refractivity contribution is 0.532. The molecule has 0 radical (unpaired) electrons. The van der Waals surface area contributed by atoms with Crippen LogP contribution in [0.3, 0.4) is 0 Å². The summed E-state index contributed by atoms with van der Waals surface area (Å²) in [7, 11) is 0. The van der Waals surface area contributed by atoms with E-state index in [1.165, 1.54) is 11.8 Å². The molecule has 2 aromatic heterocycles. The Morgan fingerprint density at radius 1 is 1.33 bits per heavy atom. The number of aromatic nitrogens is 2. The summed E-state index contributed by atoms with van der Waals surface area (Å²) < 4.78 is 5.19. The summed E-state index contributed by atoms with van der Waals surface area (Å²) in [6.45, 7) is 0. The summed E-state index contributed by atoms with van der Waals surface area (Å²) in [5, 5.41) is 1.06. The molecular weight excluding hydrogens is 234 g/mol. The Morgan fingerprint density at radius 2 is 2.07 bits per heavy atom. The SMILES string of the molecule is Nc1cnc(SCc2ccc(Cl)o2)nc1. The zero-order valence-corrected chi connectivity index (χ0v) is 9.26. The Labute approximate surface area is 95.9 Å². The number of furan rings is 1. The molecule has 0 bridgehead atoms. The predicted molar refractivity (Wildman–Crippen MR) is 59.7 cm³/mol. The molecule has 0 spiro atoms. The average Bonchev–Trinajstić information content (AvgIpc) is 2.64. The van der Waals surface area contributed by atoms with Crippen molar-refractivity contribution in [2.45, 2.75) is 10.9 Å². The van der Waals surface area contributed by atoms with Gasteiger partial charge in [0.15, 0.2) is 10.4 Å². The number of nitrogens with two attached hydrogens (primary N) is 1. The summed E-state index contributed by atoms with van der Waals surface area (Å²) in [6.07, 6.45) is 3.15. The minimum atomic E-state index is 0.392. The zero-order valence-electron chi connectivity index (χ0n) is 7.68. The van der Waals surface area contributed by atoms with Gasteiger partial charge in [0.25, 0.3) is 0 Å². The predicted octanol–water partition coefficient (Wildman–Crippen LogP) is 2.60. The molecule has 0 saturated heterocycles. The van der Waals surface area contributed by atoms with Gasteiger partial charge in [-0.05, 0) is 23.7 Å². The molecule has 2 heterocycles. The van der Waals surface area contributed by atoms with Gasteiger partial charge < -0.3 is 10.2 Å². The standard InChI is InChI=1S/C9H8ClN3OS/c10-8-2-1-7(14-8)5-15-9-12-3-6(11)4-13-9/h1-4H,5,11H2. The Morgan fingerprint density at radius 3 is 2.67 bits per heavy atom. The molecular formula is C9H8ClN3OS. The zero-order chi connectivity index (χ0) is 10.7. The van der Waals surface area contributed by atoms with Crippen molar-refractivity contribution >= 4 is 29.1 Å². The molecule has 4 nitrogen and oxygen atoms in total. The van der Waals surface area contributed by atoms with Crippen molar-refractivity contribution in [3.05, 3.63) is 35.5 Å². The summed E-state index contributed by atoms with van der Waals surface area (Å²) in [5.41, 5.74) is 6.02. The van der Waals surface area contributed by atoms with Gasteiger partial charge in [0.05, 0.1) is 23.8 Å². The number of rotatable bonds is 3. The van der Waals surface area contributed by atoms with E-state index < -0.39 is 0 Å². The van der Waals surface area contributed by atoms with Gasteiger partial charge in [0.2, 0.25) is 0 Å². The highest BCUT2D eigenvalue weighted by Gasteiger charge is 2.02. The van der Waals surface area contributed by atoms with Gasteiger partial charge in [-0.1, -0.05) is 11.8 Å². The number of hydrogen-bond donors (Lipinski definition) is 1. The van der Waals surface area contributed by atoms with Gasteiger partial charge in [-0.15, -0.1) is 0 Å². The van der Waals surface area contributed by atoms with Crippen molar-refractivity contribution in [3.63, 3.8) is 0 Å². The number of nitrogen functional groups attached to an aromatic ring is 1. The topological polar surface area (TPSA) is 64.9 Å². The molecule has 0 aliphatic heterocycles. The largest absolute Gasteiger partial charge is 0.449 e. The van der Waals surface area contributed by atoms with Gasteiger partial charge in [-0.25, -0.2) is 9.97 Å². The molecule has 2 aromatic rings. The molecule has 2 N–H and O–H groups in total. The monoisotopic (exact) mass is 241 g/mol. The number of hydrogen-bond acceptors (Lipinski definition) is 5. The lowest BCUT2D eigenvalue weighted by atomic mass is 10.5. The van der Waals surface area contributed by atoms with Crippen LogP contribution in [0.15, 0.2) is 34.1 Å². The molecule has 78 valence electrons. The maximum absolute atomic E-state index is 5.64. The Kier molecular flexibility index (Phi) is 3.13. The summed E-state index contributed by atoms with van der Waals surface area (Å²) in [5.74, 6) is 1.45. The molecule has 0 unspecified atom stereocenters. The number of halogens is 1. The molecule has 0 saturated carbocycles. The van der Waals surface area contributed by atoms with Crippen LogP contribution < -0.4 is 5.73 Å². The summed E-state index contributed by atoms with van der Waals surface area (Å²) in [6, 6.07) is 3.54. The van der Waals surface area contributed by atoms with Crippen LogP contribution in [0, 0.1) is 0 Å². The van der Waals surface area contributed by atoms with Gasteiger partial charge in [-0.2, -0.15) is 0 Å². The van der Waals surface area contributed by atoms with Crippen LogP contribution in [-0.2, 0) is 5.75 Å². The minimum Gasteiger partial charge on any atom is -0.449 e. The third kappa shape index (κ3) is 2.87. The van der Waals surface area contributed by atoms with Crippen LogP contribution in [0.4, 0.5) is 5.69 Å². The number of anilines is 1. The van der Waals surface area contributed by atoms with E-state index in [0.717, 1.165) is 5.76 Å². The quantitative estimate of drug-likeness (QED) is 0.661. The lowest BCUT2D eigenvalue weighted by Gasteiger charge is -1.97. The normalized spacial score (nSPS) is 10.5. The van der Waals surface area contributed by atoms with Crippen molar-refractivity contribution in [1.82, 2.24) is 9.97 Å². The minimum absolute atomic E-state index is 0.392. The Bertz CT molecular complexity index is 443. The Hall–Kier alpha value is -1.20. The third-order valence-corrected chi connectivity index (χ3v) is 2.72. The van der Waals surface area contributed by atoms with Crippen LogP contribution in [0.25, 0.3) is 0 Å². The highest BCUT2D eigenvalue weighted by Crippen LogP contribution is 2.22. The van der Waals surface area contributed by atoms with Crippen LogP contribution in [0.5, 0.6) is 0 Å². The maximum Gasteiger partial charge on any atom is 0.193 e. The first-order valence-electron chi connectivity index (χ1n) is 4.18. The van der Waals surface area contributed by atoms with E-state index in [0.29, 0.717) is 21.8 Å². The van der Waals surface area contributed by atoms with E-state index in [2.05, 4.69) is 9.97 Å². The first-order chi connectivity index (χ1) is 7.24. The van der Waals surface area contributed by atoms with Crippen LogP contribution >= 0.6 is 23.4 Å². The van der Waals surface area contributed by atoms with E-state index >= 15 is 0 Å². The smallest absolute Gasteiger partial charge is 0.193 e. The van der Waals surface area contributed by atoms with Crippen molar-refractivity contribution in [2.75, 3.05) is 5.73 Å². The Balaban J connectivity index is 1.96. The first-order valence-corrected chi connectivity index (χ1v) is 5.55. The lowest BCUT2D eigenvalue weighted by Crippen LogP contribution is -1.90. The molecule has 6 heteroatoms. The van der Waals surface area contributed by atoms with Crippen molar-refractivity contribution in [2.24, 2.45) is 0 Å². The van der Waals surface area contributed by atoms with E-state index in [1.54, 1.807) is 18.5 Å². The summed E-state index contributed by atoms with van der Waals surface area (Å²) >= 11 is 7.10. The fourth-order valence-electron chi connectivity index (χ4n) is 0.966. The second-order valence-corrected chi connectivity index (χ2v) is 4.11. The fourth-order valence-corrected chi connectivity index (χ4v) is 1.81. The van der Waals surface area contributed by atoms with Crippen LogP contribution in [0.1, 0.15) is 5.76 Å². The van der Waals surface area contributed by atoms with E-state index in [9.17, 15) is 0 Å². The van der Waals surface area contributed by atoms with Crippen molar-refractivity contribution in [1.29, 1.82) is 0 Å². The molecule has 0 aliphatic rings. The van der Waals surface area contributed by atoms with Gasteiger partial charge in [0, 0.05) is 0 Å². The molecule has 0 atom stereocenters. The summed E-state index contributed by atoms with van der Waals surface area (Å²) in [4.78, 5) is 8.10.